The second kappa shape index (κ2) is 4.14. The maximum atomic E-state index is 11.6. The number of nitrogens with one attached hydrogen (secondary N) is 1. The molecule has 1 unspecified atom stereocenters. The molecule has 1 atom stereocenters. The molecule has 0 spiro atoms. The van der Waals surface area contributed by atoms with Gasteiger partial charge in [0.2, 0.25) is 0 Å². The van der Waals surface area contributed by atoms with E-state index in [1.165, 1.54) is 11.0 Å². The number of hydrogen-bond acceptors (Lipinski definition) is 3. The van der Waals surface area contributed by atoms with Crippen molar-refractivity contribution in [2.75, 3.05) is 19.6 Å². The van der Waals surface area contributed by atoms with Crippen LogP contribution in [0.3, 0.4) is 0 Å². The lowest BCUT2D eigenvalue weighted by molar-refractivity contribution is -0.138. The number of hydrogen-bond donors (Lipinski definition) is 1. The highest BCUT2D eigenvalue weighted by atomic mass is 16.2. The van der Waals surface area contributed by atoms with Gasteiger partial charge >= 0.3 is 0 Å². The standard InChI is InChI=1S/C11H16N2O2/c1-8-5-10(14)13(11(8)15)7-9-3-2-4-12-6-9/h5,9,12H,2-4,6-7H2,1H3. The summed E-state index contributed by atoms with van der Waals surface area (Å²) in [5.74, 6) is 0.152. The molecule has 0 saturated carbocycles. The van der Waals surface area contributed by atoms with E-state index in [0.717, 1.165) is 25.9 Å². The Balaban J connectivity index is 1.95. The van der Waals surface area contributed by atoms with Gasteiger partial charge in [-0.15, -0.1) is 0 Å². The number of nitrogens with zero attached hydrogens (tertiary/aromatic N) is 1. The van der Waals surface area contributed by atoms with E-state index in [-0.39, 0.29) is 11.8 Å². The first-order chi connectivity index (χ1) is 7.18. The quantitative estimate of drug-likeness (QED) is 0.664. The number of rotatable bonds is 2. The van der Waals surface area contributed by atoms with Crippen LogP contribution in [-0.2, 0) is 9.59 Å². The molecule has 2 aliphatic heterocycles. The minimum Gasteiger partial charge on any atom is -0.316 e. The molecule has 2 rings (SSSR count). The Hall–Kier alpha value is -1.16. The molecule has 2 heterocycles. The Kier molecular flexibility index (Phi) is 2.86. The van der Waals surface area contributed by atoms with Crippen LogP contribution in [0.15, 0.2) is 11.6 Å². The molecule has 1 N–H and O–H groups in total. The fourth-order valence-electron chi connectivity index (χ4n) is 2.15. The Morgan fingerprint density at radius 3 is 2.87 bits per heavy atom. The van der Waals surface area contributed by atoms with Crippen LogP contribution in [0, 0.1) is 5.92 Å². The van der Waals surface area contributed by atoms with E-state index in [2.05, 4.69) is 5.32 Å². The minimum absolute atomic E-state index is 0.120. The first-order valence-electron chi connectivity index (χ1n) is 5.43. The molecule has 1 saturated heterocycles. The highest BCUT2D eigenvalue weighted by Crippen LogP contribution is 2.17. The Bertz CT molecular complexity index is 317. The molecule has 4 heteroatoms. The number of imide groups is 1. The zero-order valence-electron chi connectivity index (χ0n) is 8.95. The number of carbonyl (C=O) groups is 2. The maximum absolute atomic E-state index is 11.6. The monoisotopic (exact) mass is 208 g/mol. The van der Waals surface area contributed by atoms with Gasteiger partial charge in [0, 0.05) is 18.2 Å². The lowest BCUT2D eigenvalue weighted by atomic mass is 9.99. The van der Waals surface area contributed by atoms with E-state index < -0.39 is 0 Å². The van der Waals surface area contributed by atoms with Gasteiger partial charge in [-0.3, -0.25) is 14.5 Å². The average molecular weight is 208 g/mol. The molecular formula is C11H16N2O2. The molecule has 0 radical (unpaired) electrons. The lowest BCUT2D eigenvalue weighted by Gasteiger charge is -2.26. The van der Waals surface area contributed by atoms with Crippen molar-refractivity contribution in [3.05, 3.63) is 11.6 Å². The van der Waals surface area contributed by atoms with Crippen LogP contribution in [-0.4, -0.2) is 36.3 Å². The van der Waals surface area contributed by atoms with Gasteiger partial charge in [0.25, 0.3) is 11.8 Å². The highest BCUT2D eigenvalue weighted by Gasteiger charge is 2.30. The van der Waals surface area contributed by atoms with Crippen molar-refractivity contribution in [1.29, 1.82) is 0 Å². The second-order valence-electron chi connectivity index (χ2n) is 4.29. The van der Waals surface area contributed by atoms with Crippen LogP contribution < -0.4 is 5.32 Å². The number of piperidine rings is 1. The number of amides is 2. The molecule has 82 valence electrons. The van der Waals surface area contributed by atoms with Crippen molar-refractivity contribution >= 4 is 11.8 Å². The van der Waals surface area contributed by atoms with Crippen LogP contribution in [0.4, 0.5) is 0 Å². The van der Waals surface area contributed by atoms with Crippen LogP contribution in [0.1, 0.15) is 19.8 Å². The predicted molar refractivity (Wildman–Crippen MR) is 56.1 cm³/mol. The molecule has 0 bridgehead atoms. The maximum Gasteiger partial charge on any atom is 0.256 e. The topological polar surface area (TPSA) is 49.4 Å². The van der Waals surface area contributed by atoms with Crippen molar-refractivity contribution in [1.82, 2.24) is 10.2 Å². The van der Waals surface area contributed by atoms with Crippen molar-refractivity contribution < 1.29 is 9.59 Å². The third-order valence-electron chi connectivity index (χ3n) is 3.03. The molecular weight excluding hydrogens is 192 g/mol. The first kappa shape index (κ1) is 10.4. The third-order valence-corrected chi connectivity index (χ3v) is 3.03. The van der Waals surface area contributed by atoms with Crippen molar-refractivity contribution in [2.24, 2.45) is 5.92 Å². The zero-order valence-corrected chi connectivity index (χ0v) is 8.95. The molecule has 0 aromatic carbocycles. The molecule has 1 fully saturated rings. The van der Waals surface area contributed by atoms with Gasteiger partial charge < -0.3 is 5.32 Å². The molecule has 2 amide bonds. The zero-order chi connectivity index (χ0) is 10.8. The Labute approximate surface area is 89.3 Å². The van der Waals surface area contributed by atoms with Gasteiger partial charge in [-0.25, -0.2) is 0 Å². The Morgan fingerprint density at radius 1 is 1.53 bits per heavy atom. The predicted octanol–water partition coefficient (Wildman–Crippen LogP) is 0.301. The smallest absolute Gasteiger partial charge is 0.256 e. The molecule has 4 nitrogen and oxygen atoms in total. The summed E-state index contributed by atoms with van der Waals surface area (Å²) in [6.45, 7) is 4.23. The fraction of sp³-hybridized carbons (Fsp3) is 0.636. The normalized spacial score (nSPS) is 27.1. The van der Waals surface area contributed by atoms with E-state index in [1.54, 1.807) is 6.92 Å². The summed E-state index contributed by atoms with van der Waals surface area (Å²) in [6, 6.07) is 0. The van der Waals surface area contributed by atoms with Gasteiger partial charge in [0.1, 0.15) is 0 Å². The molecule has 2 aliphatic rings. The van der Waals surface area contributed by atoms with E-state index in [1.807, 2.05) is 0 Å². The Morgan fingerprint density at radius 2 is 2.33 bits per heavy atom. The van der Waals surface area contributed by atoms with Crippen LogP contribution >= 0.6 is 0 Å². The summed E-state index contributed by atoms with van der Waals surface area (Å²) in [7, 11) is 0. The molecule has 0 aromatic heterocycles. The van der Waals surface area contributed by atoms with Crippen LogP contribution in [0.25, 0.3) is 0 Å². The summed E-state index contributed by atoms with van der Waals surface area (Å²) in [4.78, 5) is 24.5. The van der Waals surface area contributed by atoms with Crippen molar-refractivity contribution in [3.8, 4) is 0 Å². The first-order valence-corrected chi connectivity index (χ1v) is 5.43. The largest absolute Gasteiger partial charge is 0.316 e. The molecule has 0 aromatic rings. The number of carbonyl (C=O) groups excluding carboxylic acids is 2. The van der Waals surface area contributed by atoms with Crippen molar-refractivity contribution in [3.63, 3.8) is 0 Å². The summed E-state index contributed by atoms with van der Waals surface area (Å²) >= 11 is 0. The SMILES string of the molecule is CC1=CC(=O)N(CC2CCCNC2)C1=O. The second-order valence-corrected chi connectivity index (χ2v) is 4.29. The molecule has 15 heavy (non-hydrogen) atoms. The molecule has 0 aliphatic carbocycles. The summed E-state index contributed by atoms with van der Waals surface area (Å²) in [5.41, 5.74) is 0.559. The van der Waals surface area contributed by atoms with Gasteiger partial charge in [0.05, 0.1) is 0 Å². The minimum atomic E-state index is -0.150. The summed E-state index contributed by atoms with van der Waals surface area (Å²) in [5, 5.41) is 3.28. The average Bonchev–Trinajstić information content (AvgIpc) is 2.47. The van der Waals surface area contributed by atoms with E-state index in [4.69, 9.17) is 0 Å². The van der Waals surface area contributed by atoms with Gasteiger partial charge in [-0.05, 0) is 38.8 Å². The van der Waals surface area contributed by atoms with E-state index >= 15 is 0 Å². The lowest BCUT2D eigenvalue weighted by Crippen LogP contribution is -2.41. The van der Waals surface area contributed by atoms with Crippen LogP contribution in [0.5, 0.6) is 0 Å². The fourth-order valence-corrected chi connectivity index (χ4v) is 2.15. The highest BCUT2D eigenvalue weighted by molar-refractivity contribution is 6.15. The van der Waals surface area contributed by atoms with Gasteiger partial charge in [-0.2, -0.15) is 0 Å². The van der Waals surface area contributed by atoms with Crippen LogP contribution in [0.2, 0.25) is 0 Å². The van der Waals surface area contributed by atoms with Crippen molar-refractivity contribution in [2.45, 2.75) is 19.8 Å². The van der Waals surface area contributed by atoms with E-state index in [0.29, 0.717) is 18.0 Å². The summed E-state index contributed by atoms with van der Waals surface area (Å²) in [6.07, 6.45) is 3.66. The van der Waals surface area contributed by atoms with Gasteiger partial charge in [0.15, 0.2) is 0 Å². The van der Waals surface area contributed by atoms with Gasteiger partial charge in [-0.1, -0.05) is 0 Å². The summed E-state index contributed by atoms with van der Waals surface area (Å²) < 4.78 is 0. The van der Waals surface area contributed by atoms with E-state index in [9.17, 15) is 9.59 Å². The third kappa shape index (κ3) is 2.09.